The second-order valence-corrected chi connectivity index (χ2v) is 8.39. The van der Waals surface area contributed by atoms with Gasteiger partial charge in [-0.3, -0.25) is 0 Å². The van der Waals surface area contributed by atoms with Crippen molar-refractivity contribution < 1.29 is 9.31 Å². The van der Waals surface area contributed by atoms with Gasteiger partial charge >= 0.3 is 7.12 Å². The first-order chi connectivity index (χ1) is 12.8. The van der Waals surface area contributed by atoms with E-state index in [9.17, 15) is 0 Å². The Morgan fingerprint density at radius 2 is 1.81 bits per heavy atom. The topological polar surface area (TPSA) is 85.2 Å². The van der Waals surface area contributed by atoms with Crippen LogP contribution in [0.2, 0.25) is 0 Å². The summed E-state index contributed by atoms with van der Waals surface area (Å²) >= 11 is 0. The molecule has 0 bridgehead atoms. The molecule has 0 spiro atoms. The zero-order valence-electron chi connectivity index (χ0n) is 17.4. The summed E-state index contributed by atoms with van der Waals surface area (Å²) < 4.78 is 12.3. The van der Waals surface area contributed by atoms with Gasteiger partial charge in [0.15, 0.2) is 0 Å². The molecule has 2 aliphatic rings. The van der Waals surface area contributed by atoms with Crippen molar-refractivity contribution in [1.29, 1.82) is 0 Å². The van der Waals surface area contributed by atoms with Crippen LogP contribution in [-0.4, -0.2) is 41.4 Å². The van der Waals surface area contributed by atoms with Gasteiger partial charge in [0.25, 0.3) is 0 Å². The summed E-state index contributed by atoms with van der Waals surface area (Å²) in [5.74, 6) is 1.04. The second-order valence-electron chi connectivity index (χ2n) is 8.39. The molecule has 6 nitrogen and oxygen atoms in total. The number of benzene rings is 1. The number of rotatable bonds is 3. The van der Waals surface area contributed by atoms with Crippen molar-refractivity contribution >= 4 is 23.6 Å². The standard InChI is InChI=1S/C19H28BN3O2.CH5N/c1-6-13-8-10-15(21-13)17-22-14-9-7-12(11-16(14)23-17)20-24-18(2,3)19(4,5)25-20;1-2/h7,9,11,13,15,21H,6,8,10H2,1-5H3,(H,22,23);2H2,1H3. The van der Waals surface area contributed by atoms with Gasteiger partial charge in [0.1, 0.15) is 5.82 Å². The van der Waals surface area contributed by atoms with Crippen molar-refractivity contribution in [3.05, 3.63) is 24.0 Å². The monoisotopic (exact) mass is 372 g/mol. The molecule has 2 saturated heterocycles. The Kier molecular flexibility index (Phi) is 5.68. The third-order valence-corrected chi connectivity index (χ3v) is 6.11. The maximum atomic E-state index is 6.17. The van der Waals surface area contributed by atoms with E-state index in [0.29, 0.717) is 12.1 Å². The molecule has 0 radical (unpaired) electrons. The van der Waals surface area contributed by atoms with Crippen LogP contribution >= 0.6 is 0 Å². The van der Waals surface area contributed by atoms with Crippen molar-refractivity contribution in [3.63, 3.8) is 0 Å². The molecule has 3 heterocycles. The minimum Gasteiger partial charge on any atom is -0.399 e. The molecule has 2 aliphatic heterocycles. The highest BCUT2D eigenvalue weighted by Gasteiger charge is 2.51. The second kappa shape index (κ2) is 7.55. The average molecular weight is 372 g/mol. The molecule has 2 unspecified atom stereocenters. The largest absolute Gasteiger partial charge is 0.494 e. The van der Waals surface area contributed by atoms with E-state index >= 15 is 0 Å². The molecule has 4 N–H and O–H groups in total. The van der Waals surface area contributed by atoms with Crippen molar-refractivity contribution in [3.8, 4) is 0 Å². The number of hydrogen-bond donors (Lipinski definition) is 3. The highest BCUT2D eigenvalue weighted by molar-refractivity contribution is 6.62. The van der Waals surface area contributed by atoms with Gasteiger partial charge in [-0.05, 0) is 71.6 Å². The van der Waals surface area contributed by atoms with E-state index in [0.717, 1.165) is 28.7 Å². The maximum Gasteiger partial charge on any atom is 0.494 e. The zero-order valence-corrected chi connectivity index (χ0v) is 17.4. The number of fused-ring (bicyclic) bond motifs is 1. The fraction of sp³-hybridized carbons (Fsp3) is 0.650. The fourth-order valence-electron chi connectivity index (χ4n) is 3.69. The van der Waals surface area contributed by atoms with Gasteiger partial charge in [-0.15, -0.1) is 0 Å². The van der Waals surface area contributed by atoms with Gasteiger partial charge in [0.05, 0.1) is 28.3 Å². The Labute approximate surface area is 162 Å². The lowest BCUT2D eigenvalue weighted by Gasteiger charge is -2.32. The minimum absolute atomic E-state index is 0.325. The molecule has 1 aromatic carbocycles. The summed E-state index contributed by atoms with van der Waals surface area (Å²) in [6.07, 6.45) is 3.53. The molecule has 2 atom stereocenters. The Bertz CT molecular complexity index is 773. The van der Waals surface area contributed by atoms with Crippen LogP contribution in [0.15, 0.2) is 18.2 Å². The van der Waals surface area contributed by atoms with E-state index < -0.39 is 0 Å². The van der Waals surface area contributed by atoms with E-state index in [-0.39, 0.29) is 18.3 Å². The van der Waals surface area contributed by atoms with Gasteiger partial charge < -0.3 is 25.3 Å². The molecular weight excluding hydrogens is 339 g/mol. The zero-order chi connectivity index (χ0) is 19.8. The van der Waals surface area contributed by atoms with Crippen LogP contribution in [0.25, 0.3) is 11.0 Å². The summed E-state index contributed by atoms with van der Waals surface area (Å²) in [5, 5.41) is 3.67. The Balaban J connectivity index is 0.00000102. The summed E-state index contributed by atoms with van der Waals surface area (Å²) in [6.45, 7) is 10.5. The Hall–Kier alpha value is -1.41. The summed E-state index contributed by atoms with van der Waals surface area (Å²) in [6, 6.07) is 7.17. The van der Waals surface area contributed by atoms with E-state index in [4.69, 9.17) is 14.3 Å². The maximum absolute atomic E-state index is 6.17. The van der Waals surface area contributed by atoms with Crippen LogP contribution in [-0.2, 0) is 9.31 Å². The molecule has 0 amide bonds. The number of aromatic amines is 1. The molecule has 7 heteroatoms. The van der Waals surface area contributed by atoms with Gasteiger partial charge in [-0.25, -0.2) is 4.98 Å². The Morgan fingerprint density at radius 1 is 1.15 bits per heavy atom. The highest BCUT2D eigenvalue weighted by Crippen LogP contribution is 2.36. The van der Waals surface area contributed by atoms with Crippen molar-refractivity contribution in [2.75, 3.05) is 7.05 Å². The van der Waals surface area contributed by atoms with E-state index in [1.165, 1.54) is 19.9 Å². The van der Waals surface area contributed by atoms with Crippen molar-refractivity contribution in [1.82, 2.24) is 15.3 Å². The Morgan fingerprint density at radius 3 is 2.41 bits per heavy atom. The molecule has 27 heavy (non-hydrogen) atoms. The normalized spacial score (nSPS) is 26.3. The quantitative estimate of drug-likeness (QED) is 0.722. The predicted molar refractivity (Wildman–Crippen MR) is 111 cm³/mol. The van der Waals surface area contributed by atoms with E-state index in [1.807, 2.05) is 0 Å². The lowest BCUT2D eigenvalue weighted by Crippen LogP contribution is -2.41. The van der Waals surface area contributed by atoms with E-state index in [1.54, 1.807) is 0 Å². The molecule has 4 rings (SSSR count). The minimum atomic E-state index is -0.338. The lowest BCUT2D eigenvalue weighted by atomic mass is 9.79. The summed E-state index contributed by atoms with van der Waals surface area (Å²) in [5.41, 5.74) is 6.93. The predicted octanol–water partition coefficient (Wildman–Crippen LogP) is 2.64. The summed E-state index contributed by atoms with van der Waals surface area (Å²) in [4.78, 5) is 8.29. The van der Waals surface area contributed by atoms with E-state index in [2.05, 4.69) is 68.9 Å². The van der Waals surface area contributed by atoms with Gasteiger partial charge in [-0.2, -0.15) is 0 Å². The SMILES string of the molecule is CCC1CCC(c2nc3ccc(B4OC(C)(C)C(C)(C)O4)cc3[nH]2)N1.CN. The van der Waals surface area contributed by atoms with Gasteiger partial charge in [0.2, 0.25) is 0 Å². The molecule has 0 saturated carbocycles. The molecule has 2 fully saturated rings. The number of nitrogens with zero attached hydrogens (tertiary/aromatic N) is 1. The van der Waals surface area contributed by atoms with Crippen LogP contribution in [0.3, 0.4) is 0 Å². The first-order valence-corrected chi connectivity index (χ1v) is 9.98. The third kappa shape index (κ3) is 3.79. The highest BCUT2D eigenvalue weighted by atomic mass is 16.7. The van der Waals surface area contributed by atoms with Crippen LogP contribution in [0.5, 0.6) is 0 Å². The van der Waals surface area contributed by atoms with Crippen LogP contribution < -0.4 is 16.5 Å². The number of imidazole rings is 1. The van der Waals surface area contributed by atoms with Gasteiger partial charge in [-0.1, -0.05) is 13.0 Å². The smallest absolute Gasteiger partial charge is 0.399 e. The van der Waals surface area contributed by atoms with Crippen LogP contribution in [0.4, 0.5) is 0 Å². The lowest BCUT2D eigenvalue weighted by molar-refractivity contribution is 0.00578. The average Bonchev–Trinajstić information content (AvgIpc) is 3.32. The van der Waals surface area contributed by atoms with Crippen molar-refractivity contribution in [2.24, 2.45) is 5.73 Å². The molecular formula is C20H33BN4O2. The summed E-state index contributed by atoms with van der Waals surface area (Å²) in [7, 11) is 1.16. The molecule has 148 valence electrons. The molecule has 1 aromatic heterocycles. The fourth-order valence-corrected chi connectivity index (χ4v) is 3.69. The number of hydrogen-bond acceptors (Lipinski definition) is 5. The molecule has 2 aromatic rings. The number of H-pyrrole nitrogens is 1. The van der Waals surface area contributed by atoms with Crippen molar-refractivity contribution in [2.45, 2.75) is 77.2 Å². The van der Waals surface area contributed by atoms with Crippen LogP contribution in [0.1, 0.15) is 65.7 Å². The molecule has 0 aliphatic carbocycles. The number of aromatic nitrogens is 2. The first kappa shape index (κ1) is 20.3. The van der Waals surface area contributed by atoms with Crippen LogP contribution in [0, 0.1) is 0 Å². The number of nitrogens with two attached hydrogens (primary N) is 1. The first-order valence-electron chi connectivity index (χ1n) is 9.98. The van der Waals surface area contributed by atoms with Gasteiger partial charge in [0, 0.05) is 6.04 Å². The number of nitrogens with one attached hydrogen (secondary N) is 2. The third-order valence-electron chi connectivity index (χ3n) is 6.11.